The van der Waals surface area contributed by atoms with Crippen LogP contribution in [-0.2, 0) is 4.79 Å². The zero-order valence-electron chi connectivity index (χ0n) is 20.0. The monoisotopic (exact) mass is 416 g/mol. The fourth-order valence-corrected chi connectivity index (χ4v) is 10.9. The lowest BCUT2D eigenvalue weighted by Crippen LogP contribution is -2.66. The van der Waals surface area contributed by atoms with Gasteiger partial charge in [0.05, 0.1) is 11.5 Å². The molecule has 2 N–H and O–H groups in total. The standard InChI is InChI=1S/C27H44O3/c1-23(2)19-10-14-26(5)20(24(19,3)13-11-21(23)28)9-8-17-18-7-6-12-27(18,22(29)30)16-15-25(17,26)4/h17-21,28H,6-16H2,1-5H3,(H,29,30)/t17-,18+,19+,20-,21-,24+,25-,26-,27+/m1/s1. The van der Waals surface area contributed by atoms with Crippen LogP contribution in [0.1, 0.15) is 105 Å². The van der Waals surface area contributed by atoms with E-state index in [4.69, 9.17) is 0 Å². The molecule has 9 atom stereocenters. The van der Waals surface area contributed by atoms with Crippen LogP contribution in [-0.4, -0.2) is 22.3 Å². The molecule has 5 rings (SSSR count). The zero-order valence-corrected chi connectivity index (χ0v) is 20.0. The smallest absolute Gasteiger partial charge is 0.309 e. The van der Waals surface area contributed by atoms with E-state index in [0.29, 0.717) is 34.5 Å². The van der Waals surface area contributed by atoms with Crippen molar-refractivity contribution >= 4 is 5.97 Å². The molecule has 0 heterocycles. The van der Waals surface area contributed by atoms with Crippen molar-refractivity contribution in [1.82, 2.24) is 0 Å². The Hall–Kier alpha value is -0.570. The maximum Gasteiger partial charge on any atom is 0.309 e. The third kappa shape index (κ3) is 2.29. The third-order valence-electron chi connectivity index (χ3n) is 12.8. The molecule has 170 valence electrons. The highest BCUT2D eigenvalue weighted by Crippen LogP contribution is 2.76. The lowest BCUT2D eigenvalue weighted by atomic mass is 9.32. The van der Waals surface area contributed by atoms with Gasteiger partial charge in [-0.1, -0.05) is 41.0 Å². The largest absolute Gasteiger partial charge is 0.481 e. The predicted molar refractivity (Wildman–Crippen MR) is 119 cm³/mol. The number of hydrogen-bond donors (Lipinski definition) is 2. The molecule has 30 heavy (non-hydrogen) atoms. The molecule has 5 saturated carbocycles. The van der Waals surface area contributed by atoms with Crippen molar-refractivity contribution in [3.05, 3.63) is 0 Å². The van der Waals surface area contributed by atoms with Gasteiger partial charge in [0.2, 0.25) is 0 Å². The van der Waals surface area contributed by atoms with E-state index < -0.39 is 11.4 Å². The molecule has 5 aliphatic carbocycles. The van der Waals surface area contributed by atoms with Crippen molar-refractivity contribution in [2.24, 2.45) is 50.7 Å². The van der Waals surface area contributed by atoms with Crippen LogP contribution in [0.5, 0.6) is 0 Å². The Bertz CT molecular complexity index is 744. The molecule has 0 aromatic heterocycles. The summed E-state index contributed by atoms with van der Waals surface area (Å²) in [6, 6.07) is 0. The van der Waals surface area contributed by atoms with Crippen LogP contribution in [0.2, 0.25) is 0 Å². The van der Waals surface area contributed by atoms with E-state index in [1.807, 2.05) is 0 Å². The number of aliphatic carboxylic acids is 1. The molecule has 3 heteroatoms. The number of carboxylic acids is 1. The van der Waals surface area contributed by atoms with Crippen LogP contribution < -0.4 is 0 Å². The van der Waals surface area contributed by atoms with Crippen molar-refractivity contribution < 1.29 is 15.0 Å². The van der Waals surface area contributed by atoms with E-state index >= 15 is 0 Å². The van der Waals surface area contributed by atoms with Gasteiger partial charge in [-0.2, -0.15) is 0 Å². The first-order chi connectivity index (χ1) is 13.9. The zero-order chi connectivity index (χ0) is 21.7. The van der Waals surface area contributed by atoms with Crippen molar-refractivity contribution in [2.75, 3.05) is 0 Å². The van der Waals surface area contributed by atoms with Gasteiger partial charge < -0.3 is 10.2 Å². The van der Waals surface area contributed by atoms with E-state index in [-0.39, 0.29) is 16.9 Å². The van der Waals surface area contributed by atoms with Gasteiger partial charge in [-0.15, -0.1) is 0 Å². The minimum Gasteiger partial charge on any atom is -0.481 e. The maximum absolute atomic E-state index is 12.4. The van der Waals surface area contributed by atoms with E-state index in [0.717, 1.165) is 44.9 Å². The van der Waals surface area contributed by atoms with Gasteiger partial charge in [0, 0.05) is 0 Å². The SMILES string of the molecule is CC1(C)[C@H](O)CC[C@]2(C)[C@H]3CC[C@@H]4[C@@H]5CCC[C@]5(C(=O)O)CC[C@@]4(C)[C@]3(C)CC[C@@H]12. The average Bonchev–Trinajstić information content (AvgIpc) is 3.11. The summed E-state index contributed by atoms with van der Waals surface area (Å²) in [7, 11) is 0. The Kier molecular flexibility index (Phi) is 4.45. The summed E-state index contributed by atoms with van der Waals surface area (Å²) in [6.45, 7) is 12.4. The number of carbonyl (C=O) groups is 1. The van der Waals surface area contributed by atoms with E-state index in [1.165, 1.54) is 25.7 Å². The minimum absolute atomic E-state index is 0.00254. The maximum atomic E-state index is 12.4. The summed E-state index contributed by atoms with van der Waals surface area (Å²) in [5.41, 5.74) is 0.444. The fourth-order valence-electron chi connectivity index (χ4n) is 10.9. The molecule has 0 aromatic rings. The second kappa shape index (κ2) is 6.27. The topological polar surface area (TPSA) is 57.5 Å². The minimum atomic E-state index is -0.502. The molecule has 0 amide bonds. The van der Waals surface area contributed by atoms with Crippen LogP contribution in [0, 0.1) is 50.7 Å². The van der Waals surface area contributed by atoms with Gasteiger partial charge in [0.15, 0.2) is 0 Å². The number of carboxylic acid groups (broad SMARTS) is 1. The van der Waals surface area contributed by atoms with Gasteiger partial charge in [-0.05, 0) is 110 Å². The molecule has 0 saturated heterocycles. The molecular weight excluding hydrogens is 372 g/mol. The molecular formula is C27H44O3. The Labute approximate surface area is 183 Å². The molecule has 0 aromatic carbocycles. The second-order valence-corrected chi connectivity index (χ2v) is 13.5. The molecule has 5 fully saturated rings. The second-order valence-electron chi connectivity index (χ2n) is 13.5. The van der Waals surface area contributed by atoms with Crippen LogP contribution in [0.15, 0.2) is 0 Å². The Morgan fingerprint density at radius 2 is 1.47 bits per heavy atom. The quantitative estimate of drug-likeness (QED) is 0.528. The van der Waals surface area contributed by atoms with Crippen LogP contribution in [0.4, 0.5) is 0 Å². The van der Waals surface area contributed by atoms with Crippen molar-refractivity contribution in [3.63, 3.8) is 0 Å². The van der Waals surface area contributed by atoms with Crippen LogP contribution in [0.25, 0.3) is 0 Å². The van der Waals surface area contributed by atoms with E-state index in [9.17, 15) is 15.0 Å². The third-order valence-corrected chi connectivity index (χ3v) is 12.8. The van der Waals surface area contributed by atoms with Gasteiger partial charge in [-0.25, -0.2) is 0 Å². The summed E-state index contributed by atoms with van der Waals surface area (Å²) in [4.78, 5) is 12.4. The van der Waals surface area contributed by atoms with Gasteiger partial charge >= 0.3 is 5.97 Å². The first-order valence-corrected chi connectivity index (χ1v) is 12.8. The lowest BCUT2D eigenvalue weighted by molar-refractivity contribution is -0.246. The molecule has 5 aliphatic rings. The van der Waals surface area contributed by atoms with Crippen molar-refractivity contribution in [1.29, 1.82) is 0 Å². The fraction of sp³-hybridized carbons (Fsp3) is 0.963. The van der Waals surface area contributed by atoms with Crippen LogP contribution in [0.3, 0.4) is 0 Å². The Balaban J connectivity index is 1.53. The number of aliphatic hydroxyl groups excluding tert-OH is 1. The molecule has 0 unspecified atom stereocenters. The highest BCUT2D eigenvalue weighted by molar-refractivity contribution is 5.76. The highest BCUT2D eigenvalue weighted by atomic mass is 16.4. The van der Waals surface area contributed by atoms with Gasteiger partial charge in [0.25, 0.3) is 0 Å². The molecule has 0 aliphatic heterocycles. The van der Waals surface area contributed by atoms with Gasteiger partial charge in [-0.3, -0.25) is 4.79 Å². The number of rotatable bonds is 1. The first kappa shape index (κ1) is 21.3. The first-order valence-electron chi connectivity index (χ1n) is 12.8. The number of fused-ring (bicyclic) bond motifs is 7. The highest BCUT2D eigenvalue weighted by Gasteiger charge is 2.70. The number of aliphatic hydroxyl groups is 1. The summed E-state index contributed by atoms with van der Waals surface area (Å²) in [6.07, 6.45) is 12.0. The Morgan fingerprint density at radius 1 is 0.733 bits per heavy atom. The molecule has 0 spiro atoms. The van der Waals surface area contributed by atoms with E-state index in [2.05, 4.69) is 34.6 Å². The van der Waals surface area contributed by atoms with E-state index in [1.54, 1.807) is 0 Å². The lowest BCUT2D eigenvalue weighted by Gasteiger charge is -2.72. The van der Waals surface area contributed by atoms with Crippen LogP contribution >= 0.6 is 0 Å². The normalized spacial score (nSPS) is 56.9. The van der Waals surface area contributed by atoms with Crippen molar-refractivity contribution in [2.45, 2.75) is 111 Å². The summed E-state index contributed by atoms with van der Waals surface area (Å²) in [5, 5.41) is 21.0. The average molecular weight is 417 g/mol. The summed E-state index contributed by atoms with van der Waals surface area (Å²) < 4.78 is 0. The van der Waals surface area contributed by atoms with Crippen molar-refractivity contribution in [3.8, 4) is 0 Å². The molecule has 0 radical (unpaired) electrons. The summed E-state index contributed by atoms with van der Waals surface area (Å²) >= 11 is 0. The Morgan fingerprint density at radius 3 is 2.17 bits per heavy atom. The van der Waals surface area contributed by atoms with Gasteiger partial charge in [0.1, 0.15) is 0 Å². The predicted octanol–water partition coefficient (Wildman–Crippen LogP) is 6.29. The molecule has 0 bridgehead atoms. The summed E-state index contributed by atoms with van der Waals surface area (Å²) in [5.74, 6) is 1.77. The molecule has 3 nitrogen and oxygen atoms in total. The number of hydrogen-bond acceptors (Lipinski definition) is 2.